The SMILES string of the molecule is CSCSc1ccc(N)cc1. The number of nitrogen functional groups attached to an aromatic ring is 1. The van der Waals surface area contributed by atoms with Crippen molar-refractivity contribution in [2.45, 2.75) is 4.90 Å². The van der Waals surface area contributed by atoms with Gasteiger partial charge in [0.25, 0.3) is 0 Å². The third-order valence-corrected chi connectivity index (χ3v) is 3.24. The van der Waals surface area contributed by atoms with Crippen molar-refractivity contribution < 1.29 is 0 Å². The number of benzene rings is 1. The molecule has 0 unspecified atom stereocenters. The molecule has 2 N–H and O–H groups in total. The molecule has 1 nitrogen and oxygen atoms in total. The predicted molar refractivity (Wildman–Crippen MR) is 55.1 cm³/mol. The van der Waals surface area contributed by atoms with E-state index in [9.17, 15) is 0 Å². The van der Waals surface area contributed by atoms with Crippen molar-refractivity contribution in [2.24, 2.45) is 0 Å². The van der Waals surface area contributed by atoms with Crippen LogP contribution in [-0.4, -0.2) is 11.3 Å². The molecule has 0 aliphatic rings. The van der Waals surface area contributed by atoms with E-state index >= 15 is 0 Å². The Labute approximate surface area is 75.7 Å². The third-order valence-electron chi connectivity index (χ3n) is 1.22. The standard InChI is InChI=1S/C8H11NS2/c1-10-6-11-8-4-2-7(9)3-5-8/h2-5H,6,9H2,1H3. The Kier molecular flexibility index (Phi) is 3.66. The van der Waals surface area contributed by atoms with E-state index in [-0.39, 0.29) is 0 Å². The second kappa shape index (κ2) is 4.57. The molecule has 0 amide bonds. The highest BCUT2D eigenvalue weighted by atomic mass is 32.2. The van der Waals surface area contributed by atoms with Crippen molar-refractivity contribution in [3.8, 4) is 0 Å². The van der Waals surface area contributed by atoms with Crippen molar-refractivity contribution in [2.75, 3.05) is 17.1 Å². The quantitative estimate of drug-likeness (QED) is 0.445. The van der Waals surface area contributed by atoms with Crippen LogP contribution in [-0.2, 0) is 0 Å². The highest BCUT2D eigenvalue weighted by Crippen LogP contribution is 2.21. The topological polar surface area (TPSA) is 26.0 Å². The predicted octanol–water partition coefficient (Wildman–Crippen LogP) is 2.68. The smallest absolute Gasteiger partial charge is 0.0436 e. The van der Waals surface area contributed by atoms with Crippen LogP contribution in [0.15, 0.2) is 29.2 Å². The highest BCUT2D eigenvalue weighted by Gasteiger charge is 1.90. The molecule has 0 radical (unpaired) electrons. The first-order chi connectivity index (χ1) is 5.33. The van der Waals surface area contributed by atoms with E-state index in [4.69, 9.17) is 5.73 Å². The van der Waals surface area contributed by atoms with Crippen LogP contribution in [0.1, 0.15) is 0 Å². The van der Waals surface area contributed by atoms with Crippen LogP contribution >= 0.6 is 23.5 Å². The fraction of sp³-hybridized carbons (Fsp3) is 0.250. The van der Waals surface area contributed by atoms with Crippen molar-refractivity contribution >= 4 is 29.2 Å². The summed E-state index contributed by atoms with van der Waals surface area (Å²) in [5.74, 6) is 0. The Balaban J connectivity index is 2.52. The maximum Gasteiger partial charge on any atom is 0.0436 e. The summed E-state index contributed by atoms with van der Waals surface area (Å²) >= 11 is 3.67. The molecular formula is C8H11NS2. The fourth-order valence-corrected chi connectivity index (χ4v) is 2.04. The Bertz CT molecular complexity index is 208. The lowest BCUT2D eigenvalue weighted by molar-refractivity contribution is 1.47. The maximum atomic E-state index is 5.54. The van der Waals surface area contributed by atoms with Gasteiger partial charge in [0.1, 0.15) is 0 Å². The molecule has 3 heteroatoms. The summed E-state index contributed by atoms with van der Waals surface area (Å²) in [6, 6.07) is 7.97. The number of rotatable bonds is 3. The summed E-state index contributed by atoms with van der Waals surface area (Å²) < 4.78 is 0. The fourth-order valence-electron chi connectivity index (χ4n) is 0.691. The lowest BCUT2D eigenvalue weighted by Crippen LogP contribution is -1.82. The molecule has 0 atom stereocenters. The molecule has 1 aromatic rings. The van der Waals surface area contributed by atoms with Gasteiger partial charge in [0, 0.05) is 15.7 Å². The van der Waals surface area contributed by atoms with Crippen molar-refractivity contribution in [3.05, 3.63) is 24.3 Å². The average Bonchev–Trinajstić information content (AvgIpc) is 2.04. The molecule has 0 bridgehead atoms. The maximum absolute atomic E-state index is 5.54. The third kappa shape index (κ3) is 3.08. The van der Waals surface area contributed by atoms with Gasteiger partial charge in [-0.2, -0.15) is 11.8 Å². The molecule has 1 aromatic carbocycles. The average molecular weight is 185 g/mol. The van der Waals surface area contributed by atoms with Gasteiger partial charge in [0.2, 0.25) is 0 Å². The van der Waals surface area contributed by atoms with Gasteiger partial charge in [-0.05, 0) is 30.5 Å². The van der Waals surface area contributed by atoms with Crippen LogP contribution < -0.4 is 5.73 Å². The number of nitrogens with two attached hydrogens (primary N) is 1. The van der Waals surface area contributed by atoms with E-state index in [1.807, 2.05) is 35.7 Å². The zero-order valence-electron chi connectivity index (χ0n) is 6.41. The number of hydrogen-bond acceptors (Lipinski definition) is 3. The number of hydrogen-bond donors (Lipinski definition) is 1. The molecule has 0 aliphatic heterocycles. The van der Waals surface area contributed by atoms with Gasteiger partial charge >= 0.3 is 0 Å². The largest absolute Gasteiger partial charge is 0.399 e. The van der Waals surface area contributed by atoms with Crippen LogP contribution in [0.2, 0.25) is 0 Å². The van der Waals surface area contributed by atoms with Gasteiger partial charge in [0.05, 0.1) is 0 Å². The Morgan fingerprint density at radius 3 is 2.45 bits per heavy atom. The molecule has 0 fully saturated rings. The number of anilines is 1. The van der Waals surface area contributed by atoms with Gasteiger partial charge in [-0.3, -0.25) is 0 Å². The van der Waals surface area contributed by atoms with Gasteiger partial charge in [-0.1, -0.05) is 0 Å². The molecule has 0 aliphatic carbocycles. The molecule has 0 spiro atoms. The van der Waals surface area contributed by atoms with Crippen LogP contribution in [0.5, 0.6) is 0 Å². The lowest BCUT2D eigenvalue weighted by atomic mass is 10.3. The van der Waals surface area contributed by atoms with Gasteiger partial charge in [0.15, 0.2) is 0 Å². The molecule has 0 saturated heterocycles. The molecule has 60 valence electrons. The lowest BCUT2D eigenvalue weighted by Gasteiger charge is -1.98. The van der Waals surface area contributed by atoms with Gasteiger partial charge in [-0.25, -0.2) is 0 Å². The van der Waals surface area contributed by atoms with E-state index in [0.29, 0.717) is 0 Å². The summed E-state index contributed by atoms with van der Waals surface area (Å²) in [5, 5.41) is 1.10. The minimum atomic E-state index is 0.832. The first kappa shape index (κ1) is 8.81. The normalized spacial score (nSPS) is 9.91. The minimum Gasteiger partial charge on any atom is -0.399 e. The second-order valence-corrected chi connectivity index (χ2v) is 4.40. The zero-order chi connectivity index (χ0) is 8.10. The van der Waals surface area contributed by atoms with Crippen LogP contribution in [0.25, 0.3) is 0 Å². The van der Waals surface area contributed by atoms with Crippen molar-refractivity contribution in [3.63, 3.8) is 0 Å². The molecule has 1 rings (SSSR count). The molecule has 0 saturated carbocycles. The summed E-state index contributed by atoms with van der Waals surface area (Å²) in [7, 11) is 0. The molecule has 0 heterocycles. The van der Waals surface area contributed by atoms with E-state index < -0.39 is 0 Å². The summed E-state index contributed by atoms with van der Waals surface area (Å²) in [6.07, 6.45) is 2.10. The first-order valence-electron chi connectivity index (χ1n) is 3.30. The van der Waals surface area contributed by atoms with E-state index in [2.05, 4.69) is 18.4 Å². The second-order valence-electron chi connectivity index (χ2n) is 2.12. The van der Waals surface area contributed by atoms with Crippen LogP contribution in [0.4, 0.5) is 5.69 Å². The molecule has 11 heavy (non-hydrogen) atoms. The Morgan fingerprint density at radius 2 is 1.91 bits per heavy atom. The minimum absolute atomic E-state index is 0.832. The van der Waals surface area contributed by atoms with Crippen molar-refractivity contribution in [1.82, 2.24) is 0 Å². The zero-order valence-corrected chi connectivity index (χ0v) is 8.04. The van der Waals surface area contributed by atoms with Crippen LogP contribution in [0, 0.1) is 0 Å². The first-order valence-corrected chi connectivity index (χ1v) is 5.68. The summed E-state index contributed by atoms with van der Waals surface area (Å²) in [6.45, 7) is 0. The monoisotopic (exact) mass is 185 g/mol. The van der Waals surface area contributed by atoms with Gasteiger partial charge in [-0.15, -0.1) is 11.8 Å². The Hall–Kier alpha value is -0.280. The van der Waals surface area contributed by atoms with E-state index in [1.54, 1.807) is 0 Å². The summed E-state index contributed by atoms with van der Waals surface area (Å²) in [4.78, 5) is 1.29. The van der Waals surface area contributed by atoms with E-state index in [0.717, 1.165) is 10.8 Å². The summed E-state index contributed by atoms with van der Waals surface area (Å²) in [5.41, 5.74) is 6.37. The Morgan fingerprint density at radius 1 is 1.27 bits per heavy atom. The molecule has 0 aromatic heterocycles. The highest BCUT2D eigenvalue weighted by molar-refractivity contribution is 8.15. The van der Waals surface area contributed by atoms with E-state index in [1.165, 1.54) is 4.90 Å². The number of thioether (sulfide) groups is 2. The van der Waals surface area contributed by atoms with Crippen molar-refractivity contribution in [1.29, 1.82) is 0 Å². The molecular weight excluding hydrogens is 174 g/mol. The van der Waals surface area contributed by atoms with Crippen LogP contribution in [0.3, 0.4) is 0 Å². The van der Waals surface area contributed by atoms with Gasteiger partial charge < -0.3 is 5.73 Å².